The van der Waals surface area contributed by atoms with Gasteiger partial charge in [0.05, 0.1) is 11.3 Å². The molecule has 1 aromatic carbocycles. The van der Waals surface area contributed by atoms with Gasteiger partial charge in [0.15, 0.2) is 0 Å². The van der Waals surface area contributed by atoms with E-state index in [0.29, 0.717) is 0 Å². The van der Waals surface area contributed by atoms with Crippen molar-refractivity contribution in [3.8, 4) is 0 Å². The number of hydrogen-bond donors (Lipinski definition) is 0. The van der Waals surface area contributed by atoms with Crippen molar-refractivity contribution < 1.29 is 4.79 Å². The molecule has 1 atom stereocenters. The van der Waals surface area contributed by atoms with Crippen LogP contribution in [0.2, 0.25) is 0 Å². The van der Waals surface area contributed by atoms with Crippen molar-refractivity contribution in [2.75, 3.05) is 31.1 Å². The highest BCUT2D eigenvalue weighted by molar-refractivity contribution is 7.18. The summed E-state index contributed by atoms with van der Waals surface area (Å²) in [5.41, 5.74) is 2.39. The van der Waals surface area contributed by atoms with Gasteiger partial charge in [0, 0.05) is 37.0 Å². The first-order chi connectivity index (χ1) is 14.9. The van der Waals surface area contributed by atoms with Crippen molar-refractivity contribution in [2.45, 2.75) is 52.9 Å². The van der Waals surface area contributed by atoms with E-state index in [4.69, 9.17) is 9.97 Å². The smallest absolute Gasteiger partial charge is 0.230 e. The monoisotopic (exact) mass is 436 g/mol. The van der Waals surface area contributed by atoms with Crippen LogP contribution in [0, 0.1) is 13.8 Å². The largest absolute Gasteiger partial charge is 0.352 e. The number of nitrogens with zero attached hydrogens (tertiary/aromatic N) is 4. The zero-order chi connectivity index (χ0) is 22.1. The summed E-state index contributed by atoms with van der Waals surface area (Å²) in [6.07, 6.45) is 0.820. The van der Waals surface area contributed by atoms with Crippen molar-refractivity contribution in [1.29, 1.82) is 0 Å². The highest BCUT2D eigenvalue weighted by Crippen LogP contribution is 2.36. The van der Waals surface area contributed by atoms with Crippen molar-refractivity contribution in [3.05, 3.63) is 52.2 Å². The summed E-state index contributed by atoms with van der Waals surface area (Å²) < 4.78 is 0. The number of aryl methyl sites for hydroxylation is 2. The average molecular weight is 437 g/mol. The summed E-state index contributed by atoms with van der Waals surface area (Å²) in [6.45, 7) is 13.8. The summed E-state index contributed by atoms with van der Waals surface area (Å²) >= 11 is 1.76. The lowest BCUT2D eigenvalue weighted by Crippen LogP contribution is -2.50. The maximum Gasteiger partial charge on any atom is 0.230 e. The number of fused-ring (bicyclic) bond motifs is 1. The van der Waals surface area contributed by atoms with Crippen LogP contribution >= 0.6 is 11.3 Å². The fourth-order valence-electron chi connectivity index (χ4n) is 4.33. The van der Waals surface area contributed by atoms with Gasteiger partial charge in [-0.25, -0.2) is 9.97 Å². The molecule has 0 spiro atoms. The molecule has 31 heavy (non-hydrogen) atoms. The summed E-state index contributed by atoms with van der Waals surface area (Å²) in [5, 5.41) is 1.18. The van der Waals surface area contributed by atoms with Gasteiger partial charge in [-0.05, 0) is 31.4 Å². The molecule has 1 saturated heterocycles. The number of aromatic nitrogens is 2. The molecule has 0 bridgehead atoms. The van der Waals surface area contributed by atoms with Crippen LogP contribution in [0.1, 0.15) is 60.9 Å². The Balaban J connectivity index is 1.56. The SMILES string of the molecule is CCC(C(=O)N1CCN(c2nc(C(C)C)nc3sc(C)c(C)c23)CC1)c1ccccc1. The second-order valence-electron chi connectivity index (χ2n) is 8.71. The Morgan fingerprint density at radius 2 is 1.74 bits per heavy atom. The minimum atomic E-state index is -0.0622. The number of carbonyl (C=O) groups excluding carboxylic acids is 1. The van der Waals surface area contributed by atoms with E-state index < -0.39 is 0 Å². The third kappa shape index (κ3) is 4.18. The number of piperazine rings is 1. The predicted molar refractivity (Wildman–Crippen MR) is 129 cm³/mol. The Morgan fingerprint density at radius 3 is 2.35 bits per heavy atom. The molecule has 0 N–H and O–H groups in total. The van der Waals surface area contributed by atoms with Crippen molar-refractivity contribution >= 4 is 33.3 Å². The van der Waals surface area contributed by atoms with Gasteiger partial charge in [0.2, 0.25) is 5.91 Å². The molecule has 164 valence electrons. The van der Waals surface area contributed by atoms with Crippen molar-refractivity contribution in [2.24, 2.45) is 0 Å². The van der Waals surface area contributed by atoms with E-state index in [1.807, 2.05) is 23.1 Å². The van der Waals surface area contributed by atoms with Gasteiger partial charge in [-0.1, -0.05) is 51.1 Å². The summed E-state index contributed by atoms with van der Waals surface area (Å²) in [7, 11) is 0. The topological polar surface area (TPSA) is 49.3 Å². The molecule has 1 fully saturated rings. The summed E-state index contributed by atoms with van der Waals surface area (Å²) in [4.78, 5) is 29.9. The zero-order valence-corrected chi connectivity index (χ0v) is 20.0. The first-order valence-corrected chi connectivity index (χ1v) is 12.1. The van der Waals surface area contributed by atoms with Crippen molar-refractivity contribution in [1.82, 2.24) is 14.9 Å². The number of benzene rings is 1. The molecular formula is C25H32N4OS. The Morgan fingerprint density at radius 1 is 1.06 bits per heavy atom. The molecule has 0 radical (unpaired) electrons. The number of amides is 1. The van der Waals surface area contributed by atoms with E-state index in [-0.39, 0.29) is 17.7 Å². The van der Waals surface area contributed by atoms with Gasteiger partial charge in [-0.2, -0.15) is 0 Å². The van der Waals surface area contributed by atoms with E-state index in [1.165, 1.54) is 15.8 Å². The molecule has 6 heteroatoms. The second-order valence-corrected chi connectivity index (χ2v) is 9.91. The Labute approximate surface area is 189 Å². The lowest BCUT2D eigenvalue weighted by molar-refractivity contribution is -0.133. The standard InChI is InChI=1S/C25H32N4OS/c1-6-20(19-10-8-7-9-11-19)25(30)29-14-12-28(13-15-29)23-21-17(4)18(5)31-24(21)27-22(26-23)16(2)3/h7-11,16,20H,6,12-15H2,1-5H3. The van der Waals surface area contributed by atoms with Crippen LogP contribution in [0.5, 0.6) is 0 Å². The first-order valence-electron chi connectivity index (χ1n) is 11.3. The Bertz CT molecular complexity index is 1070. The van der Waals surface area contributed by atoms with Gasteiger partial charge in [0.1, 0.15) is 16.5 Å². The molecule has 1 aliphatic rings. The molecule has 0 aliphatic carbocycles. The molecule has 1 amide bonds. The maximum atomic E-state index is 13.3. The van der Waals surface area contributed by atoms with E-state index in [0.717, 1.165) is 54.6 Å². The van der Waals surface area contributed by atoms with Crippen LogP contribution < -0.4 is 4.90 Å². The van der Waals surface area contributed by atoms with Crippen LogP contribution in [0.4, 0.5) is 5.82 Å². The second kappa shape index (κ2) is 8.95. The molecule has 0 saturated carbocycles. The average Bonchev–Trinajstić information content (AvgIpc) is 3.08. The van der Waals surface area contributed by atoms with Crippen LogP contribution in [0.25, 0.3) is 10.2 Å². The van der Waals surface area contributed by atoms with Gasteiger partial charge in [0.25, 0.3) is 0 Å². The molecule has 3 aromatic rings. The minimum Gasteiger partial charge on any atom is -0.352 e. The van der Waals surface area contributed by atoms with E-state index >= 15 is 0 Å². The minimum absolute atomic E-state index is 0.0622. The van der Waals surface area contributed by atoms with Gasteiger partial charge < -0.3 is 9.80 Å². The van der Waals surface area contributed by atoms with Crippen LogP contribution in [0.3, 0.4) is 0 Å². The van der Waals surface area contributed by atoms with Gasteiger partial charge >= 0.3 is 0 Å². The number of thiophene rings is 1. The fraction of sp³-hybridized carbons (Fsp3) is 0.480. The molecule has 2 aromatic heterocycles. The van der Waals surface area contributed by atoms with E-state index in [2.05, 4.69) is 51.7 Å². The number of rotatable bonds is 5. The first kappa shape index (κ1) is 21.8. The predicted octanol–water partition coefficient (Wildman–Crippen LogP) is 5.27. The van der Waals surface area contributed by atoms with Gasteiger partial charge in [-0.3, -0.25) is 4.79 Å². The molecule has 1 unspecified atom stereocenters. The van der Waals surface area contributed by atoms with E-state index in [1.54, 1.807) is 11.3 Å². The number of hydrogen-bond acceptors (Lipinski definition) is 5. The van der Waals surface area contributed by atoms with Gasteiger partial charge in [-0.15, -0.1) is 11.3 Å². The lowest BCUT2D eigenvalue weighted by Gasteiger charge is -2.37. The van der Waals surface area contributed by atoms with Crippen LogP contribution in [-0.4, -0.2) is 47.0 Å². The third-order valence-electron chi connectivity index (χ3n) is 6.34. The number of anilines is 1. The summed E-state index contributed by atoms with van der Waals surface area (Å²) in [5.74, 6) is 2.40. The quantitative estimate of drug-likeness (QED) is 0.546. The Hall–Kier alpha value is -2.47. The lowest BCUT2D eigenvalue weighted by atomic mass is 9.95. The van der Waals surface area contributed by atoms with Crippen LogP contribution in [0.15, 0.2) is 30.3 Å². The Kier molecular flexibility index (Phi) is 6.28. The molecule has 3 heterocycles. The molecule has 5 nitrogen and oxygen atoms in total. The molecular weight excluding hydrogens is 404 g/mol. The zero-order valence-electron chi connectivity index (χ0n) is 19.2. The fourth-order valence-corrected chi connectivity index (χ4v) is 5.36. The normalized spacial score (nSPS) is 15.7. The molecule has 4 rings (SSSR count). The van der Waals surface area contributed by atoms with Crippen molar-refractivity contribution in [3.63, 3.8) is 0 Å². The highest BCUT2D eigenvalue weighted by Gasteiger charge is 2.29. The maximum absolute atomic E-state index is 13.3. The number of carbonyl (C=O) groups is 1. The van der Waals surface area contributed by atoms with E-state index in [9.17, 15) is 4.79 Å². The molecule has 1 aliphatic heterocycles. The highest BCUT2D eigenvalue weighted by atomic mass is 32.1. The summed E-state index contributed by atoms with van der Waals surface area (Å²) in [6, 6.07) is 10.2. The van der Waals surface area contributed by atoms with Crippen LogP contribution in [-0.2, 0) is 4.79 Å². The third-order valence-corrected chi connectivity index (χ3v) is 7.44.